The van der Waals surface area contributed by atoms with Crippen molar-refractivity contribution >= 4 is 43.9 Å². The van der Waals surface area contributed by atoms with E-state index in [1.165, 1.54) is 0 Å². The van der Waals surface area contributed by atoms with Crippen molar-refractivity contribution in [2.75, 3.05) is 0 Å². The Kier molecular flexibility index (Phi) is 5.40. The van der Waals surface area contributed by atoms with Crippen molar-refractivity contribution in [3.63, 3.8) is 0 Å². The fourth-order valence-corrected chi connectivity index (χ4v) is 6.38. The van der Waals surface area contributed by atoms with Gasteiger partial charge in [-0.3, -0.25) is 14.5 Å². The van der Waals surface area contributed by atoms with Crippen LogP contribution < -0.4 is 0 Å². The lowest BCUT2D eigenvalue weighted by Crippen LogP contribution is -2.00. The molecule has 0 aliphatic heterocycles. The Morgan fingerprint density at radius 3 is 1.68 bits per heavy atom. The van der Waals surface area contributed by atoms with Gasteiger partial charge in [-0.2, -0.15) is 0 Å². The fraction of sp³-hybridized carbons (Fsp3) is 0. The second-order valence-corrected chi connectivity index (χ2v) is 10.8. The van der Waals surface area contributed by atoms with Crippen LogP contribution >= 0.6 is 0 Å². The maximum atomic E-state index is 5.18. The lowest BCUT2D eigenvalue weighted by Gasteiger charge is -2.14. The Morgan fingerprint density at radius 1 is 0.386 bits per heavy atom. The van der Waals surface area contributed by atoms with Crippen LogP contribution in [0, 0.1) is 0 Å². The summed E-state index contributed by atoms with van der Waals surface area (Å²) in [4.78, 5) is 19.7. The van der Waals surface area contributed by atoms with Crippen LogP contribution in [0.2, 0.25) is 0 Å². The lowest BCUT2D eigenvalue weighted by atomic mass is 10.1. The van der Waals surface area contributed by atoms with Crippen LogP contribution in [0.25, 0.3) is 78.0 Å². The van der Waals surface area contributed by atoms with E-state index in [-0.39, 0.29) is 0 Å². The van der Waals surface area contributed by atoms with E-state index in [0.717, 1.165) is 78.0 Å². The maximum Gasteiger partial charge on any atom is 0.138 e. The molecular formula is C38H24N6. The van der Waals surface area contributed by atoms with Crippen LogP contribution in [0.4, 0.5) is 0 Å². The highest BCUT2D eigenvalue weighted by Gasteiger charge is 2.18. The quantitative estimate of drug-likeness (QED) is 0.214. The van der Waals surface area contributed by atoms with Crippen molar-refractivity contribution in [1.29, 1.82) is 0 Å². The third kappa shape index (κ3) is 3.68. The van der Waals surface area contributed by atoms with E-state index in [9.17, 15) is 0 Å². The topological polar surface area (TPSA) is 61.4 Å². The van der Waals surface area contributed by atoms with Gasteiger partial charge in [-0.25, -0.2) is 9.97 Å². The number of rotatable bonds is 4. The van der Waals surface area contributed by atoms with Crippen molar-refractivity contribution in [3.05, 3.63) is 146 Å². The second-order valence-electron chi connectivity index (χ2n) is 10.8. The van der Waals surface area contributed by atoms with Gasteiger partial charge in [0.1, 0.15) is 5.82 Å². The van der Waals surface area contributed by atoms with E-state index in [2.05, 4.69) is 105 Å². The molecule has 0 aliphatic carbocycles. The van der Waals surface area contributed by atoms with Gasteiger partial charge in [0.15, 0.2) is 0 Å². The van der Waals surface area contributed by atoms with Crippen molar-refractivity contribution in [3.8, 4) is 34.2 Å². The molecule has 9 aromatic rings. The first-order valence-corrected chi connectivity index (χ1v) is 14.6. The zero-order chi connectivity index (χ0) is 29.0. The Hall–Kier alpha value is -6.14. The molecule has 6 heteroatoms. The molecule has 206 valence electrons. The number of pyridine rings is 4. The molecule has 0 bridgehead atoms. The molecule has 0 atom stereocenters. The van der Waals surface area contributed by atoms with Gasteiger partial charge < -0.3 is 4.57 Å². The van der Waals surface area contributed by atoms with Crippen LogP contribution in [0.5, 0.6) is 0 Å². The van der Waals surface area contributed by atoms with Gasteiger partial charge in [0.25, 0.3) is 0 Å². The summed E-state index contributed by atoms with van der Waals surface area (Å²) in [5.41, 5.74) is 10.8. The lowest BCUT2D eigenvalue weighted by molar-refractivity contribution is 1.07. The van der Waals surface area contributed by atoms with Crippen molar-refractivity contribution in [2.24, 2.45) is 0 Å². The van der Waals surface area contributed by atoms with Gasteiger partial charge >= 0.3 is 0 Å². The van der Waals surface area contributed by atoms with Crippen LogP contribution in [-0.2, 0) is 0 Å². The molecule has 6 heterocycles. The van der Waals surface area contributed by atoms with Crippen molar-refractivity contribution in [1.82, 2.24) is 29.1 Å². The number of para-hydroxylation sites is 3. The van der Waals surface area contributed by atoms with Gasteiger partial charge in [-0.05, 0) is 66.7 Å². The van der Waals surface area contributed by atoms with E-state index >= 15 is 0 Å². The summed E-state index contributed by atoms with van der Waals surface area (Å²) in [7, 11) is 0. The Balaban J connectivity index is 1.20. The van der Waals surface area contributed by atoms with Gasteiger partial charge in [0.2, 0.25) is 0 Å². The van der Waals surface area contributed by atoms with Crippen molar-refractivity contribution < 1.29 is 0 Å². The second kappa shape index (κ2) is 9.71. The molecule has 0 amide bonds. The predicted molar refractivity (Wildman–Crippen MR) is 177 cm³/mol. The zero-order valence-corrected chi connectivity index (χ0v) is 23.5. The summed E-state index contributed by atoms with van der Waals surface area (Å²) in [6.45, 7) is 0. The molecule has 44 heavy (non-hydrogen) atoms. The van der Waals surface area contributed by atoms with Crippen LogP contribution in [0.15, 0.2) is 146 Å². The Labute approximate surface area is 252 Å². The minimum absolute atomic E-state index is 0.803. The molecule has 0 radical (unpaired) electrons. The van der Waals surface area contributed by atoms with Crippen molar-refractivity contribution in [2.45, 2.75) is 0 Å². The van der Waals surface area contributed by atoms with Crippen LogP contribution in [0.3, 0.4) is 0 Å². The first-order valence-electron chi connectivity index (χ1n) is 14.6. The summed E-state index contributed by atoms with van der Waals surface area (Å²) in [6, 6.07) is 45.6. The molecular weight excluding hydrogens is 540 g/mol. The van der Waals surface area contributed by atoms with Gasteiger partial charge in [0.05, 0.1) is 55.9 Å². The van der Waals surface area contributed by atoms with Gasteiger partial charge in [-0.15, -0.1) is 0 Å². The molecule has 0 spiro atoms. The smallest absolute Gasteiger partial charge is 0.138 e. The highest BCUT2D eigenvalue weighted by Crippen LogP contribution is 2.35. The normalized spacial score (nSPS) is 11.6. The number of hydrogen-bond donors (Lipinski definition) is 0. The molecule has 9 rings (SSSR count). The SMILES string of the molecule is c1cc(-c2cccc(-n3c4ccccc4c4ncccc43)n2)nc(-c2ccccc2-n2c3ccccc3c3ncccc32)c1. The average Bonchev–Trinajstić information content (AvgIpc) is 3.62. The predicted octanol–water partition coefficient (Wildman–Crippen LogP) is 8.79. The minimum Gasteiger partial charge on any atom is -0.307 e. The average molecular weight is 565 g/mol. The highest BCUT2D eigenvalue weighted by atomic mass is 15.1. The number of aromatic nitrogens is 6. The number of fused-ring (bicyclic) bond motifs is 6. The molecule has 0 saturated heterocycles. The molecule has 0 saturated carbocycles. The van der Waals surface area contributed by atoms with Gasteiger partial charge in [0, 0.05) is 28.7 Å². The molecule has 0 unspecified atom stereocenters. The van der Waals surface area contributed by atoms with E-state index < -0.39 is 0 Å². The third-order valence-corrected chi connectivity index (χ3v) is 8.25. The standard InChI is InChI=1S/C38H24N6/c1-4-17-31(43-32-18-5-2-12-26(32)37-34(43)20-9-23-39-37)25(11-1)28-14-7-15-29(41-28)30-16-8-22-36(42-30)44-33-19-6-3-13-27(33)38-35(44)21-10-24-40-38/h1-24H. The van der Waals surface area contributed by atoms with E-state index in [1.54, 1.807) is 0 Å². The first kappa shape index (κ1) is 24.5. The number of hydrogen-bond acceptors (Lipinski definition) is 4. The van der Waals surface area contributed by atoms with E-state index in [4.69, 9.17) is 15.0 Å². The highest BCUT2D eigenvalue weighted by molar-refractivity contribution is 6.08. The molecule has 0 N–H and O–H groups in total. The summed E-state index contributed by atoms with van der Waals surface area (Å²) in [6.07, 6.45) is 3.69. The third-order valence-electron chi connectivity index (χ3n) is 8.25. The number of nitrogens with zero attached hydrogens (tertiary/aromatic N) is 6. The summed E-state index contributed by atoms with van der Waals surface area (Å²) in [5, 5.41) is 2.23. The fourth-order valence-electron chi connectivity index (χ4n) is 6.38. The maximum absolute atomic E-state index is 5.18. The monoisotopic (exact) mass is 564 g/mol. The molecule has 0 fully saturated rings. The Morgan fingerprint density at radius 2 is 0.932 bits per heavy atom. The van der Waals surface area contributed by atoms with E-state index in [1.807, 2.05) is 54.9 Å². The molecule has 0 aliphatic rings. The largest absolute Gasteiger partial charge is 0.307 e. The zero-order valence-electron chi connectivity index (χ0n) is 23.5. The molecule has 6 aromatic heterocycles. The van der Waals surface area contributed by atoms with Crippen LogP contribution in [0.1, 0.15) is 0 Å². The summed E-state index contributed by atoms with van der Waals surface area (Å²) >= 11 is 0. The van der Waals surface area contributed by atoms with Crippen LogP contribution in [-0.4, -0.2) is 29.1 Å². The first-order chi connectivity index (χ1) is 21.8. The Bertz CT molecular complexity index is 2420. The minimum atomic E-state index is 0.803. The summed E-state index contributed by atoms with van der Waals surface area (Å²) in [5.74, 6) is 0.826. The number of benzene rings is 3. The van der Waals surface area contributed by atoms with E-state index in [0.29, 0.717) is 0 Å². The molecule has 3 aromatic carbocycles. The molecule has 6 nitrogen and oxygen atoms in total. The summed E-state index contributed by atoms with van der Waals surface area (Å²) < 4.78 is 4.47. The van der Waals surface area contributed by atoms with Gasteiger partial charge in [-0.1, -0.05) is 66.7 Å².